The van der Waals surface area contributed by atoms with Crippen LogP contribution in [0.5, 0.6) is 0 Å². The van der Waals surface area contributed by atoms with Crippen LogP contribution in [-0.2, 0) is 6.42 Å². The molecule has 0 aliphatic rings. The third kappa shape index (κ3) is 2.29. The minimum atomic E-state index is -0.555. The summed E-state index contributed by atoms with van der Waals surface area (Å²) in [5.74, 6) is 0.626. The first kappa shape index (κ1) is 12.7. The number of nitrogens with zero attached hydrogens (tertiary/aromatic N) is 4. The maximum absolute atomic E-state index is 11.2. The van der Waals surface area contributed by atoms with Crippen LogP contribution in [0.3, 0.4) is 0 Å². The number of imidazole rings is 1. The van der Waals surface area contributed by atoms with E-state index in [4.69, 9.17) is 11.0 Å². The number of nitriles is 1. The number of hydrogen-bond acceptors (Lipinski definition) is 5. The molecule has 7 heteroatoms. The molecular formula is C12H11N5O2. The molecule has 96 valence electrons. The van der Waals surface area contributed by atoms with Gasteiger partial charge in [0.15, 0.2) is 0 Å². The fourth-order valence-electron chi connectivity index (χ4n) is 1.88. The molecule has 2 N–H and O–H groups in total. The predicted octanol–water partition coefficient (Wildman–Crippen LogP) is 1.15. The van der Waals surface area contributed by atoms with Gasteiger partial charge in [0.05, 0.1) is 4.92 Å². The molecule has 1 aromatic heterocycles. The van der Waals surface area contributed by atoms with E-state index in [0.29, 0.717) is 24.5 Å². The number of hydrogen-bond donors (Lipinski definition) is 1. The average Bonchev–Trinajstić information content (AvgIpc) is 2.86. The minimum absolute atomic E-state index is 0.0231. The van der Waals surface area contributed by atoms with Crippen molar-refractivity contribution in [3.05, 3.63) is 52.1 Å². The summed E-state index contributed by atoms with van der Waals surface area (Å²) in [6.45, 7) is 0.392. The Balaban J connectivity index is 2.65. The van der Waals surface area contributed by atoms with Crippen molar-refractivity contribution >= 4 is 5.69 Å². The van der Waals surface area contributed by atoms with Crippen molar-refractivity contribution in [1.29, 1.82) is 5.26 Å². The van der Waals surface area contributed by atoms with Crippen molar-refractivity contribution in [2.24, 2.45) is 5.73 Å². The average molecular weight is 257 g/mol. The minimum Gasteiger partial charge on any atom is -0.330 e. The number of nitro benzene ring substituents is 1. The lowest BCUT2D eigenvalue weighted by molar-refractivity contribution is -0.384. The Morgan fingerprint density at radius 3 is 2.95 bits per heavy atom. The SMILES string of the molecule is N#Cc1cccc(-n2ccnc2CCN)c1[N+](=O)[O-]. The van der Waals surface area contributed by atoms with E-state index in [2.05, 4.69) is 4.98 Å². The van der Waals surface area contributed by atoms with Gasteiger partial charge in [-0.3, -0.25) is 14.7 Å². The van der Waals surface area contributed by atoms with E-state index in [0.717, 1.165) is 0 Å². The molecule has 19 heavy (non-hydrogen) atoms. The second-order valence-corrected chi connectivity index (χ2v) is 3.79. The highest BCUT2D eigenvalue weighted by molar-refractivity contribution is 5.62. The zero-order chi connectivity index (χ0) is 13.8. The molecule has 0 atom stereocenters. The van der Waals surface area contributed by atoms with Gasteiger partial charge in [-0.2, -0.15) is 5.26 Å². The maximum atomic E-state index is 11.2. The van der Waals surface area contributed by atoms with Crippen LogP contribution >= 0.6 is 0 Å². The lowest BCUT2D eigenvalue weighted by Crippen LogP contribution is -2.10. The van der Waals surface area contributed by atoms with Crippen LogP contribution in [-0.4, -0.2) is 21.0 Å². The van der Waals surface area contributed by atoms with E-state index in [1.165, 1.54) is 6.07 Å². The van der Waals surface area contributed by atoms with Crippen LogP contribution in [0.25, 0.3) is 5.69 Å². The van der Waals surface area contributed by atoms with Gasteiger partial charge >= 0.3 is 5.69 Å². The zero-order valence-corrected chi connectivity index (χ0v) is 9.98. The molecule has 2 rings (SSSR count). The van der Waals surface area contributed by atoms with Gasteiger partial charge in [-0.05, 0) is 18.7 Å². The Hall–Kier alpha value is -2.72. The van der Waals surface area contributed by atoms with Gasteiger partial charge in [0.25, 0.3) is 0 Å². The summed E-state index contributed by atoms with van der Waals surface area (Å²) in [5, 5.41) is 20.1. The molecule has 0 bridgehead atoms. The molecule has 7 nitrogen and oxygen atoms in total. The molecule has 0 unspecified atom stereocenters. The Morgan fingerprint density at radius 1 is 1.53 bits per heavy atom. The fraction of sp³-hybridized carbons (Fsp3) is 0.167. The van der Waals surface area contributed by atoms with Gasteiger partial charge in [0, 0.05) is 18.8 Å². The van der Waals surface area contributed by atoms with Gasteiger partial charge in [0.1, 0.15) is 23.1 Å². The van der Waals surface area contributed by atoms with Crippen molar-refractivity contribution < 1.29 is 4.92 Å². The van der Waals surface area contributed by atoms with E-state index in [-0.39, 0.29) is 11.3 Å². The van der Waals surface area contributed by atoms with E-state index < -0.39 is 4.92 Å². The third-order valence-corrected chi connectivity index (χ3v) is 2.66. The molecule has 0 saturated heterocycles. The smallest absolute Gasteiger partial charge is 0.310 e. The summed E-state index contributed by atoms with van der Waals surface area (Å²) in [6.07, 6.45) is 3.67. The van der Waals surface area contributed by atoms with E-state index >= 15 is 0 Å². The first-order valence-electron chi connectivity index (χ1n) is 5.59. The van der Waals surface area contributed by atoms with Crippen LogP contribution in [0.2, 0.25) is 0 Å². The largest absolute Gasteiger partial charge is 0.330 e. The van der Waals surface area contributed by atoms with Crippen molar-refractivity contribution in [1.82, 2.24) is 9.55 Å². The number of rotatable bonds is 4. The molecule has 0 radical (unpaired) electrons. The summed E-state index contributed by atoms with van der Waals surface area (Å²) in [4.78, 5) is 14.7. The highest BCUT2D eigenvalue weighted by Crippen LogP contribution is 2.27. The molecule has 0 spiro atoms. The second kappa shape index (κ2) is 5.29. The monoisotopic (exact) mass is 257 g/mol. The van der Waals surface area contributed by atoms with Crippen LogP contribution in [0.1, 0.15) is 11.4 Å². The number of para-hydroxylation sites is 1. The first-order valence-corrected chi connectivity index (χ1v) is 5.59. The van der Waals surface area contributed by atoms with Crippen LogP contribution in [0.4, 0.5) is 5.69 Å². The van der Waals surface area contributed by atoms with Crippen LogP contribution in [0.15, 0.2) is 30.6 Å². The number of nitrogens with two attached hydrogens (primary N) is 1. The topological polar surface area (TPSA) is 111 Å². The van der Waals surface area contributed by atoms with Gasteiger partial charge in [-0.1, -0.05) is 6.07 Å². The summed E-state index contributed by atoms with van der Waals surface area (Å²) in [7, 11) is 0. The molecule has 0 aliphatic heterocycles. The highest BCUT2D eigenvalue weighted by atomic mass is 16.6. The second-order valence-electron chi connectivity index (χ2n) is 3.79. The van der Waals surface area contributed by atoms with Crippen LogP contribution < -0.4 is 5.73 Å². The third-order valence-electron chi connectivity index (χ3n) is 2.66. The summed E-state index contributed by atoms with van der Waals surface area (Å²) >= 11 is 0. The van der Waals surface area contributed by atoms with Crippen molar-refractivity contribution in [3.8, 4) is 11.8 Å². The zero-order valence-electron chi connectivity index (χ0n) is 9.98. The molecule has 2 aromatic rings. The Morgan fingerprint density at radius 2 is 2.32 bits per heavy atom. The molecule has 1 aromatic carbocycles. The molecule has 0 aliphatic carbocycles. The highest BCUT2D eigenvalue weighted by Gasteiger charge is 2.21. The van der Waals surface area contributed by atoms with Crippen molar-refractivity contribution in [3.63, 3.8) is 0 Å². The lowest BCUT2D eigenvalue weighted by Gasteiger charge is -2.08. The van der Waals surface area contributed by atoms with Gasteiger partial charge in [0.2, 0.25) is 0 Å². The lowest BCUT2D eigenvalue weighted by atomic mass is 10.1. The van der Waals surface area contributed by atoms with E-state index in [1.807, 2.05) is 6.07 Å². The fourth-order valence-corrected chi connectivity index (χ4v) is 1.88. The maximum Gasteiger partial charge on any atom is 0.310 e. The normalized spacial score (nSPS) is 10.1. The van der Waals surface area contributed by atoms with Crippen LogP contribution in [0, 0.1) is 21.4 Å². The molecular weight excluding hydrogens is 246 g/mol. The molecule has 1 heterocycles. The van der Waals surface area contributed by atoms with Gasteiger partial charge in [-0.15, -0.1) is 0 Å². The van der Waals surface area contributed by atoms with E-state index in [1.54, 1.807) is 29.1 Å². The van der Waals surface area contributed by atoms with Crippen molar-refractivity contribution in [2.45, 2.75) is 6.42 Å². The number of aromatic nitrogens is 2. The summed E-state index contributed by atoms with van der Waals surface area (Å²) in [6, 6.07) is 6.44. The molecule has 0 fully saturated rings. The van der Waals surface area contributed by atoms with Crippen molar-refractivity contribution in [2.75, 3.05) is 6.54 Å². The Bertz CT molecular complexity index is 656. The first-order chi connectivity index (χ1) is 9.19. The van der Waals surface area contributed by atoms with Gasteiger partial charge < -0.3 is 5.73 Å². The Labute approximate surface area is 109 Å². The predicted molar refractivity (Wildman–Crippen MR) is 67.7 cm³/mol. The summed E-state index contributed by atoms with van der Waals surface area (Å²) < 4.78 is 1.59. The molecule has 0 saturated carbocycles. The van der Waals surface area contributed by atoms with E-state index in [9.17, 15) is 10.1 Å². The Kier molecular flexibility index (Phi) is 3.54. The number of nitro groups is 1. The quantitative estimate of drug-likeness (QED) is 0.652. The standard InChI is InChI=1S/C12H11N5O2/c13-5-4-11-15-6-7-16(11)10-3-1-2-9(8-14)12(10)17(18)19/h1-3,6-7H,4-5,13H2. The number of benzene rings is 1. The van der Waals surface area contributed by atoms with Gasteiger partial charge in [-0.25, -0.2) is 4.98 Å². The molecule has 0 amide bonds. The summed E-state index contributed by atoms with van der Waals surface area (Å²) in [5.41, 5.74) is 5.61.